The number of halogens is 1. The smallest absolute Gasteiger partial charge is 0.328 e. The summed E-state index contributed by atoms with van der Waals surface area (Å²) in [5.74, 6) is -0.205. The Balaban J connectivity index is 0.00000225. The highest BCUT2D eigenvalue weighted by atomic mass is 127. The minimum atomic E-state index is -0.233. The first-order valence-electron chi connectivity index (χ1n) is 4.71. The molecule has 0 radical (unpaired) electrons. The first-order valence-corrected chi connectivity index (χ1v) is 5.93. The molecule has 0 bridgehead atoms. The van der Waals surface area contributed by atoms with Crippen LogP contribution in [0.15, 0.2) is 10.6 Å². The average Bonchev–Trinajstić information content (AvgIpc) is 2.59. The molecule has 0 saturated heterocycles. The van der Waals surface area contributed by atoms with E-state index in [1.165, 1.54) is 7.11 Å². The number of thioether (sulfide) groups is 1. The van der Waals surface area contributed by atoms with Crippen molar-refractivity contribution in [2.75, 3.05) is 27.5 Å². The maximum atomic E-state index is 11.4. The molecule has 0 aromatic heterocycles. The van der Waals surface area contributed by atoms with Crippen LogP contribution in [0.4, 0.5) is 0 Å². The van der Waals surface area contributed by atoms with E-state index in [4.69, 9.17) is 4.74 Å². The maximum Gasteiger partial charge on any atom is 0.328 e. The van der Waals surface area contributed by atoms with E-state index < -0.39 is 0 Å². The minimum absolute atomic E-state index is 0. The lowest BCUT2D eigenvalue weighted by molar-refractivity contribution is -0.459. The molecule has 0 aromatic carbocycles. The van der Waals surface area contributed by atoms with E-state index in [9.17, 15) is 4.79 Å². The molecule has 1 atom stereocenters. The number of carbonyl (C=O) groups is 1. The quantitative estimate of drug-likeness (QED) is 0.355. The van der Waals surface area contributed by atoms with Crippen molar-refractivity contribution >= 4 is 47.9 Å². The third kappa shape index (κ3) is 3.97. The van der Waals surface area contributed by atoms with Crippen LogP contribution in [-0.2, 0) is 9.53 Å². The van der Waals surface area contributed by atoms with E-state index in [-0.39, 0.29) is 36.0 Å². The van der Waals surface area contributed by atoms with Crippen LogP contribution in [0.1, 0.15) is 6.42 Å². The second-order valence-electron chi connectivity index (χ2n) is 3.58. The monoisotopic (exact) mass is 357 g/mol. The molecule has 0 aromatic rings. The van der Waals surface area contributed by atoms with Gasteiger partial charge in [0.1, 0.15) is 20.1 Å². The van der Waals surface area contributed by atoms with Crippen LogP contribution in [0.2, 0.25) is 0 Å². The molecule has 1 aliphatic rings. The lowest BCUT2D eigenvalue weighted by Crippen LogP contribution is -2.31. The molecule has 1 rings (SSSR count). The Morgan fingerprint density at radius 2 is 2.25 bits per heavy atom. The van der Waals surface area contributed by atoms with Gasteiger partial charge in [-0.05, 0) is 6.26 Å². The fourth-order valence-electron chi connectivity index (χ4n) is 1.51. The number of nitrogens with one attached hydrogen (secondary N) is 1. The zero-order chi connectivity index (χ0) is 11.4. The first-order chi connectivity index (χ1) is 7.08. The Labute approximate surface area is 118 Å². The van der Waals surface area contributed by atoms with Gasteiger partial charge in [-0.25, -0.2) is 9.37 Å². The normalized spacial score (nSPS) is 18.6. The minimum Gasteiger partial charge on any atom is -0.467 e. The highest BCUT2D eigenvalue weighted by molar-refractivity contribution is 14.0. The Morgan fingerprint density at radius 3 is 2.69 bits per heavy atom. The number of nitrogens with zero attached hydrogens (tertiary/aromatic N) is 1. The van der Waals surface area contributed by atoms with E-state index in [1.807, 2.05) is 31.1 Å². The number of hydrogen-bond donors (Lipinski definition) is 1. The van der Waals surface area contributed by atoms with Crippen molar-refractivity contribution < 1.29 is 14.1 Å². The molecule has 0 spiro atoms. The third-order valence-corrected chi connectivity index (χ3v) is 2.91. The van der Waals surface area contributed by atoms with Gasteiger partial charge in [-0.2, -0.15) is 0 Å². The van der Waals surface area contributed by atoms with Gasteiger partial charge in [-0.15, -0.1) is 35.7 Å². The molecule has 1 unspecified atom stereocenters. The lowest BCUT2D eigenvalue weighted by atomic mass is 10.1. The summed E-state index contributed by atoms with van der Waals surface area (Å²) in [6, 6.07) is -0.233. The molecule has 0 amide bonds. The first kappa shape index (κ1) is 15.8. The molecular formula is C10H18IN2O2S+. The predicted molar refractivity (Wildman–Crippen MR) is 77.7 cm³/mol. The highest BCUT2D eigenvalue weighted by Crippen LogP contribution is 2.24. The fourth-order valence-corrected chi connectivity index (χ4v) is 2.17. The molecule has 0 fully saturated rings. The summed E-state index contributed by atoms with van der Waals surface area (Å²) in [7, 11) is 5.35. The van der Waals surface area contributed by atoms with E-state index in [2.05, 4.69) is 5.32 Å². The molecule has 1 N–H and O–H groups in total. The maximum absolute atomic E-state index is 11.4. The van der Waals surface area contributed by atoms with Crippen molar-refractivity contribution in [3.05, 3.63) is 10.6 Å². The molecule has 1 heterocycles. The largest absolute Gasteiger partial charge is 0.467 e. The lowest BCUT2D eigenvalue weighted by Gasteiger charge is -2.08. The second-order valence-corrected chi connectivity index (χ2v) is 4.39. The zero-order valence-corrected chi connectivity index (χ0v) is 13.1. The van der Waals surface area contributed by atoms with Gasteiger partial charge in [0, 0.05) is 12.0 Å². The second kappa shape index (κ2) is 7.16. The van der Waals surface area contributed by atoms with Crippen LogP contribution in [-0.4, -0.2) is 50.3 Å². The van der Waals surface area contributed by atoms with Crippen molar-refractivity contribution in [3.63, 3.8) is 0 Å². The number of methoxy groups -OCH3 is 1. The number of ether oxygens (including phenoxy) is 1. The molecule has 0 aliphatic carbocycles. The Bertz CT molecular complexity index is 325. The Hall–Kier alpha value is -0.240. The molecule has 92 valence electrons. The average molecular weight is 357 g/mol. The summed E-state index contributed by atoms with van der Waals surface area (Å²) in [6.45, 7) is 0. The summed E-state index contributed by atoms with van der Waals surface area (Å²) in [5, 5.41) is 4.21. The molecule has 4 nitrogen and oxygen atoms in total. The van der Waals surface area contributed by atoms with E-state index in [0.717, 1.165) is 10.6 Å². The third-order valence-electron chi connectivity index (χ3n) is 2.12. The topological polar surface area (TPSA) is 41.3 Å². The molecule has 16 heavy (non-hydrogen) atoms. The van der Waals surface area contributed by atoms with E-state index in [1.54, 1.807) is 11.8 Å². The van der Waals surface area contributed by atoms with Gasteiger partial charge < -0.3 is 10.1 Å². The number of rotatable bonds is 3. The molecule has 0 saturated carbocycles. The van der Waals surface area contributed by atoms with Crippen molar-refractivity contribution in [2.24, 2.45) is 0 Å². The fraction of sp³-hybridized carbons (Fsp3) is 0.600. The van der Waals surface area contributed by atoms with Crippen LogP contribution >= 0.6 is 35.7 Å². The summed E-state index contributed by atoms with van der Waals surface area (Å²) < 4.78 is 6.69. The van der Waals surface area contributed by atoms with Gasteiger partial charge in [-0.1, -0.05) is 0 Å². The van der Waals surface area contributed by atoms with Crippen LogP contribution in [0.5, 0.6) is 0 Å². The summed E-state index contributed by atoms with van der Waals surface area (Å²) >= 11 is 1.62. The van der Waals surface area contributed by atoms with Crippen molar-refractivity contribution in [1.29, 1.82) is 0 Å². The summed E-state index contributed by atoms with van der Waals surface area (Å²) in [5.41, 5.74) is 1.16. The van der Waals surface area contributed by atoms with Crippen LogP contribution in [0.25, 0.3) is 0 Å². The van der Waals surface area contributed by atoms with Crippen LogP contribution in [0, 0.1) is 0 Å². The Morgan fingerprint density at radius 1 is 1.62 bits per heavy atom. The van der Waals surface area contributed by atoms with Crippen molar-refractivity contribution in [1.82, 2.24) is 5.32 Å². The predicted octanol–water partition coefficient (Wildman–Crippen LogP) is 1.06. The Kier molecular flexibility index (Phi) is 7.05. The van der Waals surface area contributed by atoms with Gasteiger partial charge in [0.15, 0.2) is 6.21 Å². The number of carbonyl (C=O) groups excluding carboxylic acids is 1. The molecule has 6 heteroatoms. The van der Waals surface area contributed by atoms with Gasteiger partial charge in [-0.3, -0.25) is 0 Å². The summed E-state index contributed by atoms with van der Waals surface area (Å²) in [4.78, 5) is 11.4. The standard InChI is InChI=1S/C10H16N2O2S.HI/c1-12(2)6-7-5-8(10(13)14-3)11-9(7)15-4;/h6,8H,5H2,1-4H3;1H/p+1. The van der Waals surface area contributed by atoms with Crippen molar-refractivity contribution in [3.8, 4) is 0 Å². The van der Waals surface area contributed by atoms with E-state index in [0.29, 0.717) is 6.42 Å². The molecule has 1 aliphatic heterocycles. The number of hydrogen-bond acceptors (Lipinski definition) is 4. The van der Waals surface area contributed by atoms with Crippen molar-refractivity contribution in [2.45, 2.75) is 12.5 Å². The SMILES string of the molecule is COC(=O)C1CC(C=[N+](C)C)=C(SC)N1.I. The highest BCUT2D eigenvalue weighted by Gasteiger charge is 2.29. The van der Waals surface area contributed by atoms with Gasteiger partial charge in [0.25, 0.3) is 0 Å². The van der Waals surface area contributed by atoms with E-state index >= 15 is 0 Å². The van der Waals surface area contributed by atoms with Crippen LogP contribution < -0.4 is 5.32 Å². The molecular weight excluding hydrogens is 339 g/mol. The van der Waals surface area contributed by atoms with Gasteiger partial charge in [0.2, 0.25) is 0 Å². The van der Waals surface area contributed by atoms with Gasteiger partial charge in [0.05, 0.1) is 12.1 Å². The summed E-state index contributed by atoms with van der Waals surface area (Å²) in [6.07, 6.45) is 4.72. The zero-order valence-electron chi connectivity index (χ0n) is 9.94. The number of esters is 1. The van der Waals surface area contributed by atoms with Gasteiger partial charge >= 0.3 is 5.97 Å². The van der Waals surface area contributed by atoms with Crippen LogP contribution in [0.3, 0.4) is 0 Å².